The predicted octanol–water partition coefficient (Wildman–Crippen LogP) is 3.56. The number of hydrogen-bond acceptors (Lipinski definition) is 1. The molecule has 0 heterocycles. The summed E-state index contributed by atoms with van der Waals surface area (Å²) in [6, 6.07) is 15.4. The van der Waals surface area contributed by atoms with Gasteiger partial charge in [-0.1, -0.05) is 48.0 Å². The molecule has 2 aromatic rings. The zero-order valence-electron chi connectivity index (χ0n) is 9.22. The van der Waals surface area contributed by atoms with Crippen LogP contribution in [0.4, 0.5) is 0 Å². The van der Waals surface area contributed by atoms with Crippen LogP contribution in [0, 0.1) is 0 Å². The Morgan fingerprint density at radius 1 is 0.938 bits per heavy atom. The minimum Gasteiger partial charge on any atom is -0.661 e. The molecule has 0 spiro atoms. The van der Waals surface area contributed by atoms with Gasteiger partial charge in [0.05, 0.1) is 0 Å². The lowest BCUT2D eigenvalue weighted by Gasteiger charge is -2.16. The normalized spacial score (nSPS) is 10.3. The Labute approximate surface area is 95.6 Å². The molecule has 0 aliphatic carbocycles. The fourth-order valence-corrected chi connectivity index (χ4v) is 1.79. The highest BCUT2D eigenvalue weighted by molar-refractivity contribution is 5.73. The second kappa shape index (κ2) is 4.81. The van der Waals surface area contributed by atoms with Crippen LogP contribution in [0.5, 0.6) is 5.75 Å². The lowest BCUT2D eigenvalue weighted by molar-refractivity contribution is 0.477. The summed E-state index contributed by atoms with van der Waals surface area (Å²) in [5.74, 6) is 0.311. The Kier molecular flexibility index (Phi) is 3.22. The average molecular weight is 212 g/mol. The van der Waals surface area contributed by atoms with Gasteiger partial charge in [0.25, 0.3) is 0 Å². The van der Waals surface area contributed by atoms with E-state index in [0.29, 0.717) is 12.3 Å². The van der Waals surface area contributed by atoms with E-state index in [0.717, 1.165) is 16.7 Å². The minimum absolute atomic E-state index is 0.311. The first-order valence-corrected chi connectivity index (χ1v) is 5.25. The van der Waals surface area contributed by atoms with E-state index in [1.54, 1.807) is 13.1 Å². The smallest absolute Gasteiger partial charge is 0.123 e. The van der Waals surface area contributed by atoms with Crippen molar-refractivity contribution in [3.05, 3.63) is 59.4 Å². The van der Waals surface area contributed by atoms with Gasteiger partial charge in [0.2, 0.25) is 0 Å². The van der Waals surface area contributed by atoms with E-state index < -0.39 is 0 Å². The first kappa shape index (κ1) is 10.7. The molecule has 0 bridgehead atoms. The van der Waals surface area contributed by atoms with E-state index in [9.17, 15) is 5.11 Å². The van der Waals surface area contributed by atoms with Crippen LogP contribution < -0.4 is 0 Å². The van der Waals surface area contributed by atoms with Crippen LogP contribution in [0.2, 0.25) is 0 Å². The third kappa shape index (κ3) is 2.07. The molecule has 0 aromatic heterocycles. The minimum atomic E-state index is 0.311. The lowest BCUT2D eigenvalue weighted by Crippen LogP contribution is -1.88. The van der Waals surface area contributed by atoms with Crippen molar-refractivity contribution in [3.8, 4) is 16.9 Å². The Balaban J connectivity index is 2.51. The first-order chi connectivity index (χ1) is 7.83. The topological polar surface area (TPSA) is 34.3 Å². The SMILES string of the molecule is C[N-]Cc1ccccc1-c1ccccc1O. The molecule has 0 aliphatic heterocycles. The van der Waals surface area contributed by atoms with Crippen molar-refractivity contribution in [2.75, 3.05) is 7.05 Å². The first-order valence-electron chi connectivity index (χ1n) is 5.25. The van der Waals surface area contributed by atoms with Crippen molar-refractivity contribution in [1.29, 1.82) is 0 Å². The summed E-state index contributed by atoms with van der Waals surface area (Å²) in [4.78, 5) is 0. The molecule has 0 radical (unpaired) electrons. The molecule has 0 fully saturated rings. The molecule has 0 saturated carbocycles. The van der Waals surface area contributed by atoms with Crippen LogP contribution in [-0.4, -0.2) is 12.2 Å². The molecule has 0 saturated heterocycles. The van der Waals surface area contributed by atoms with Crippen LogP contribution in [0.3, 0.4) is 0 Å². The van der Waals surface area contributed by atoms with Crippen molar-refractivity contribution in [3.63, 3.8) is 0 Å². The maximum absolute atomic E-state index is 9.83. The number of rotatable bonds is 3. The summed E-state index contributed by atoms with van der Waals surface area (Å²) in [7, 11) is 1.79. The molecule has 2 rings (SSSR count). The number of phenols is 1. The highest BCUT2D eigenvalue weighted by atomic mass is 16.3. The third-order valence-electron chi connectivity index (χ3n) is 2.54. The molecule has 82 valence electrons. The van der Waals surface area contributed by atoms with Gasteiger partial charge in [-0.05, 0) is 11.6 Å². The van der Waals surface area contributed by atoms with Crippen LogP contribution in [0.1, 0.15) is 5.56 Å². The Morgan fingerprint density at radius 3 is 2.25 bits per heavy atom. The predicted molar refractivity (Wildman–Crippen MR) is 66.5 cm³/mol. The lowest BCUT2D eigenvalue weighted by atomic mass is 9.99. The zero-order valence-corrected chi connectivity index (χ0v) is 9.22. The largest absolute Gasteiger partial charge is 0.661 e. The summed E-state index contributed by atoms with van der Waals surface area (Å²) in [6.45, 7) is 0.671. The number of phenolic OH excluding ortho intramolecular Hbond substituents is 1. The Hall–Kier alpha value is -1.80. The molecule has 2 nitrogen and oxygen atoms in total. The fourth-order valence-electron chi connectivity index (χ4n) is 1.79. The number of nitrogens with zero attached hydrogens (tertiary/aromatic N) is 1. The molecule has 0 aliphatic rings. The van der Waals surface area contributed by atoms with E-state index in [1.165, 1.54) is 0 Å². The molecular formula is C14H14NO-. The van der Waals surface area contributed by atoms with Gasteiger partial charge in [0.15, 0.2) is 0 Å². The van der Waals surface area contributed by atoms with Crippen molar-refractivity contribution in [1.82, 2.24) is 0 Å². The summed E-state index contributed by atoms with van der Waals surface area (Å²) in [5, 5.41) is 14.0. The van der Waals surface area contributed by atoms with Crippen molar-refractivity contribution < 1.29 is 5.11 Å². The second-order valence-corrected chi connectivity index (χ2v) is 3.65. The van der Waals surface area contributed by atoms with Gasteiger partial charge in [-0.2, -0.15) is 7.05 Å². The highest BCUT2D eigenvalue weighted by Gasteiger charge is 2.05. The van der Waals surface area contributed by atoms with Gasteiger partial charge in [-0.3, -0.25) is 0 Å². The summed E-state index contributed by atoms with van der Waals surface area (Å²) >= 11 is 0. The van der Waals surface area contributed by atoms with Gasteiger partial charge >= 0.3 is 0 Å². The van der Waals surface area contributed by atoms with Gasteiger partial charge in [-0.15, -0.1) is 6.54 Å². The van der Waals surface area contributed by atoms with Crippen LogP contribution in [0.25, 0.3) is 16.4 Å². The monoisotopic (exact) mass is 212 g/mol. The van der Waals surface area contributed by atoms with E-state index in [1.807, 2.05) is 42.5 Å². The van der Waals surface area contributed by atoms with Gasteiger partial charge in [0.1, 0.15) is 5.75 Å². The van der Waals surface area contributed by atoms with Crippen molar-refractivity contribution in [2.24, 2.45) is 0 Å². The van der Waals surface area contributed by atoms with Crippen LogP contribution in [-0.2, 0) is 6.54 Å². The summed E-state index contributed by atoms with van der Waals surface area (Å²) in [6.07, 6.45) is 0. The van der Waals surface area contributed by atoms with E-state index in [2.05, 4.69) is 5.32 Å². The molecule has 16 heavy (non-hydrogen) atoms. The Morgan fingerprint density at radius 2 is 1.56 bits per heavy atom. The maximum atomic E-state index is 9.83. The van der Waals surface area contributed by atoms with E-state index in [-0.39, 0.29) is 0 Å². The molecule has 2 heteroatoms. The molecule has 0 atom stereocenters. The number of hydrogen-bond donors (Lipinski definition) is 1. The van der Waals surface area contributed by atoms with Gasteiger partial charge < -0.3 is 10.4 Å². The van der Waals surface area contributed by atoms with Gasteiger partial charge in [-0.25, -0.2) is 0 Å². The standard InChI is InChI=1S/C14H14NO/c1-15-10-11-6-2-3-7-12(11)13-8-4-5-9-14(13)16/h2-9,16H,10H2,1H3/q-1. The van der Waals surface area contributed by atoms with Crippen LogP contribution >= 0.6 is 0 Å². The molecule has 0 amide bonds. The number of aromatic hydroxyl groups is 1. The molecule has 0 unspecified atom stereocenters. The zero-order chi connectivity index (χ0) is 11.4. The van der Waals surface area contributed by atoms with Crippen molar-refractivity contribution >= 4 is 0 Å². The quantitative estimate of drug-likeness (QED) is 0.829. The highest BCUT2D eigenvalue weighted by Crippen LogP contribution is 2.31. The number of benzene rings is 2. The maximum Gasteiger partial charge on any atom is 0.123 e. The Bertz CT molecular complexity index is 480. The molecule has 2 aromatic carbocycles. The van der Waals surface area contributed by atoms with Gasteiger partial charge in [0, 0.05) is 5.56 Å². The molecular weight excluding hydrogens is 198 g/mol. The van der Waals surface area contributed by atoms with Crippen molar-refractivity contribution in [2.45, 2.75) is 6.54 Å². The number of para-hydroxylation sites is 1. The summed E-state index contributed by atoms with van der Waals surface area (Å²) < 4.78 is 0. The third-order valence-corrected chi connectivity index (χ3v) is 2.54. The van der Waals surface area contributed by atoms with E-state index in [4.69, 9.17) is 0 Å². The van der Waals surface area contributed by atoms with E-state index >= 15 is 0 Å². The molecule has 1 N–H and O–H groups in total. The van der Waals surface area contributed by atoms with Crippen LogP contribution in [0.15, 0.2) is 48.5 Å². The summed E-state index contributed by atoms with van der Waals surface area (Å²) in [5.41, 5.74) is 3.04. The second-order valence-electron chi connectivity index (χ2n) is 3.65. The fraction of sp³-hybridized carbons (Fsp3) is 0.143. The average Bonchev–Trinajstić information content (AvgIpc) is 2.31.